The molecule has 2 aliphatic rings. The number of rotatable bonds is 3. The Hall–Kier alpha value is -6.23. The zero-order chi connectivity index (χ0) is 35.3. The highest BCUT2D eigenvalue weighted by Crippen LogP contribution is 2.49. The van der Waals surface area contributed by atoms with Crippen LogP contribution in [0.1, 0.15) is 11.5 Å². The van der Waals surface area contributed by atoms with E-state index in [1.807, 2.05) is 6.07 Å². The van der Waals surface area contributed by atoms with Crippen LogP contribution in [0, 0.1) is 0 Å². The Bertz CT molecular complexity index is 2990. The number of benzene rings is 6. The Labute approximate surface area is 309 Å². The van der Waals surface area contributed by atoms with Gasteiger partial charge < -0.3 is 0 Å². The first-order chi connectivity index (χ1) is 26.0. The molecule has 3 nitrogen and oxygen atoms in total. The minimum atomic E-state index is -1.76. The lowest BCUT2D eigenvalue weighted by atomic mass is 9.88. The maximum atomic E-state index is 5.48. The molecule has 0 fully saturated rings. The lowest BCUT2D eigenvalue weighted by Gasteiger charge is -2.27. The molecule has 3 aromatic heterocycles. The first-order valence-corrected chi connectivity index (χ1v) is 21.6. The Morgan fingerprint density at radius 2 is 0.981 bits per heavy atom. The van der Waals surface area contributed by atoms with Crippen molar-refractivity contribution in [3.8, 4) is 33.8 Å². The smallest absolute Gasteiger partial charge is 0.0972 e. The molecular weight excluding hydrogens is 659 g/mol. The van der Waals surface area contributed by atoms with Crippen LogP contribution in [0.3, 0.4) is 0 Å². The molecule has 4 heterocycles. The third kappa shape index (κ3) is 4.49. The third-order valence-corrected chi connectivity index (χ3v) is 16.0. The fourth-order valence-corrected chi connectivity index (χ4v) is 13.5. The van der Waals surface area contributed by atoms with Gasteiger partial charge in [0.05, 0.1) is 41.7 Å². The van der Waals surface area contributed by atoms with Gasteiger partial charge in [0.1, 0.15) is 0 Å². The van der Waals surface area contributed by atoms with Gasteiger partial charge in [-0.1, -0.05) is 153 Å². The Morgan fingerprint density at radius 3 is 1.64 bits per heavy atom. The van der Waals surface area contributed by atoms with Crippen LogP contribution < -0.4 is 5.19 Å². The second-order valence-electron chi connectivity index (χ2n) is 15.1. The average molecular weight is 694 g/mol. The molecule has 0 radical (unpaired) electrons. The maximum Gasteiger partial charge on any atom is 0.0972 e. The molecule has 0 saturated carbocycles. The molecule has 250 valence electrons. The number of allylic oxidation sites excluding steroid dienone is 4. The Morgan fingerprint density at radius 1 is 0.453 bits per heavy atom. The lowest BCUT2D eigenvalue weighted by molar-refractivity contribution is 0.857. The van der Waals surface area contributed by atoms with Crippen LogP contribution in [-0.4, -0.2) is 23.0 Å². The van der Waals surface area contributed by atoms with Crippen molar-refractivity contribution in [2.24, 2.45) is 0 Å². The minimum Gasteiger partial charge on any atom is -0.248 e. The summed E-state index contributed by atoms with van der Waals surface area (Å²) in [6, 6.07) is 50.1. The molecule has 1 aliphatic carbocycles. The Balaban J connectivity index is 1.13. The molecular formula is C49H35N3Si. The zero-order valence-electron chi connectivity index (χ0n) is 29.6. The highest BCUT2D eigenvalue weighted by Gasteiger charge is 2.47. The fourth-order valence-electron chi connectivity index (χ4n) is 9.47. The standard InChI is InChI=1S/C49H35N3Si/c1-53(2)44-19-11-10-14-33(44)38-24-28-41-39(49(38)53)25-29-42(50-41)45-34-15-6-8-17-36(34)46(37-18-9-7-16-35(37)45)43-27-23-32-21-20-31-22-26-40(30-12-4-3-5-13-30)51-47(31)48(32)52-43/h3-29,33,44H,1-2H3. The van der Waals surface area contributed by atoms with Gasteiger partial charge >= 0.3 is 0 Å². The second kappa shape index (κ2) is 11.4. The van der Waals surface area contributed by atoms with Gasteiger partial charge in [0.2, 0.25) is 0 Å². The predicted octanol–water partition coefficient (Wildman–Crippen LogP) is 12.1. The third-order valence-electron chi connectivity index (χ3n) is 11.9. The van der Waals surface area contributed by atoms with Gasteiger partial charge in [-0.15, -0.1) is 0 Å². The summed E-state index contributed by atoms with van der Waals surface area (Å²) >= 11 is 0. The number of aromatic nitrogens is 3. The van der Waals surface area contributed by atoms with E-state index >= 15 is 0 Å². The number of nitrogens with zero attached hydrogens (tertiary/aromatic N) is 3. The van der Waals surface area contributed by atoms with E-state index in [2.05, 4.69) is 171 Å². The lowest BCUT2D eigenvalue weighted by Crippen LogP contribution is -2.42. The summed E-state index contributed by atoms with van der Waals surface area (Å²) in [4.78, 5) is 16.1. The van der Waals surface area contributed by atoms with Crippen molar-refractivity contribution < 1.29 is 0 Å². The predicted molar refractivity (Wildman–Crippen MR) is 226 cm³/mol. The van der Waals surface area contributed by atoms with Crippen LogP contribution >= 0.6 is 0 Å². The van der Waals surface area contributed by atoms with Crippen molar-refractivity contribution in [1.29, 1.82) is 0 Å². The van der Waals surface area contributed by atoms with E-state index in [-0.39, 0.29) is 0 Å². The molecule has 53 heavy (non-hydrogen) atoms. The Kier molecular flexibility index (Phi) is 6.53. The van der Waals surface area contributed by atoms with Gasteiger partial charge in [0, 0.05) is 33.4 Å². The van der Waals surface area contributed by atoms with Crippen molar-refractivity contribution >= 4 is 67.5 Å². The van der Waals surface area contributed by atoms with Gasteiger partial charge in [0.25, 0.3) is 0 Å². The molecule has 2 unspecified atom stereocenters. The van der Waals surface area contributed by atoms with Gasteiger partial charge in [-0.2, -0.15) is 0 Å². The topological polar surface area (TPSA) is 38.7 Å². The SMILES string of the molecule is C[Si]1(C)c2c(ccc3nc(-c4c5ccccc5c(-c5ccc6ccc7ccc(-c8ccccc8)nc7c6n5)c5ccccc45)ccc23)C2C=CC=CC21. The van der Waals surface area contributed by atoms with E-state index in [0.29, 0.717) is 11.5 Å². The summed E-state index contributed by atoms with van der Waals surface area (Å²) in [6.45, 7) is 5.07. The first kappa shape index (κ1) is 30.4. The van der Waals surface area contributed by atoms with E-state index in [4.69, 9.17) is 15.0 Å². The molecule has 6 aromatic carbocycles. The van der Waals surface area contributed by atoms with E-state index in [1.54, 1.807) is 5.19 Å². The fraction of sp³-hybridized carbons (Fsp3) is 0.0816. The summed E-state index contributed by atoms with van der Waals surface area (Å²) in [7, 11) is -1.76. The molecule has 0 N–H and O–H groups in total. The van der Waals surface area contributed by atoms with Crippen LogP contribution in [0.2, 0.25) is 18.6 Å². The molecule has 0 amide bonds. The van der Waals surface area contributed by atoms with Crippen molar-refractivity contribution in [2.75, 3.05) is 0 Å². The summed E-state index contributed by atoms with van der Waals surface area (Å²) in [5.74, 6) is 0.476. The van der Waals surface area contributed by atoms with Crippen LogP contribution in [0.4, 0.5) is 0 Å². The van der Waals surface area contributed by atoms with Crippen molar-refractivity contribution in [3.05, 3.63) is 169 Å². The highest BCUT2D eigenvalue weighted by molar-refractivity contribution is 6.94. The summed E-state index contributed by atoms with van der Waals surface area (Å²) < 4.78 is 0. The van der Waals surface area contributed by atoms with Crippen molar-refractivity contribution in [2.45, 2.75) is 24.6 Å². The van der Waals surface area contributed by atoms with Crippen molar-refractivity contribution in [3.63, 3.8) is 0 Å². The number of pyridine rings is 3. The molecule has 0 spiro atoms. The largest absolute Gasteiger partial charge is 0.248 e. The van der Waals surface area contributed by atoms with Crippen LogP contribution in [0.15, 0.2) is 164 Å². The van der Waals surface area contributed by atoms with Gasteiger partial charge in [-0.05, 0) is 67.5 Å². The number of hydrogen-bond acceptors (Lipinski definition) is 3. The van der Waals surface area contributed by atoms with Crippen LogP contribution in [-0.2, 0) is 0 Å². The molecule has 2 atom stereocenters. The average Bonchev–Trinajstić information content (AvgIpc) is 3.45. The van der Waals surface area contributed by atoms with Crippen molar-refractivity contribution in [1.82, 2.24) is 15.0 Å². The van der Waals surface area contributed by atoms with E-state index < -0.39 is 8.07 Å². The van der Waals surface area contributed by atoms with E-state index in [0.717, 1.165) is 55.5 Å². The zero-order valence-corrected chi connectivity index (χ0v) is 30.6. The maximum absolute atomic E-state index is 5.48. The quantitative estimate of drug-likeness (QED) is 0.105. The summed E-state index contributed by atoms with van der Waals surface area (Å²) in [5, 5.41) is 9.73. The first-order valence-electron chi connectivity index (χ1n) is 18.5. The van der Waals surface area contributed by atoms with Crippen LogP contribution in [0.5, 0.6) is 0 Å². The highest BCUT2D eigenvalue weighted by atomic mass is 28.3. The molecule has 9 aromatic rings. The number of fused-ring (bicyclic) bond motifs is 10. The summed E-state index contributed by atoms with van der Waals surface area (Å²) in [5.41, 5.74) is 11.3. The van der Waals surface area contributed by atoms with Gasteiger partial charge in [-0.3, -0.25) is 0 Å². The number of hydrogen-bond donors (Lipinski definition) is 0. The molecule has 1 aliphatic heterocycles. The summed E-state index contributed by atoms with van der Waals surface area (Å²) in [6.07, 6.45) is 9.33. The second-order valence-corrected chi connectivity index (χ2v) is 19.8. The normalized spacial score (nSPS) is 17.2. The van der Waals surface area contributed by atoms with Crippen LogP contribution in [0.25, 0.3) is 88.0 Å². The molecule has 11 rings (SSSR count). The van der Waals surface area contributed by atoms with Gasteiger partial charge in [0.15, 0.2) is 0 Å². The molecule has 0 saturated heterocycles. The minimum absolute atomic E-state index is 0.476. The van der Waals surface area contributed by atoms with Gasteiger partial charge in [-0.25, -0.2) is 15.0 Å². The molecule has 0 bridgehead atoms. The monoisotopic (exact) mass is 693 g/mol. The van der Waals surface area contributed by atoms with E-state index in [9.17, 15) is 0 Å². The van der Waals surface area contributed by atoms with E-state index in [1.165, 1.54) is 38.1 Å². The molecule has 4 heteroatoms.